The highest BCUT2D eigenvalue weighted by Crippen LogP contribution is 2.14. The van der Waals surface area contributed by atoms with Crippen molar-refractivity contribution in [3.8, 4) is 5.75 Å². The number of hydrazone groups is 1. The summed E-state index contributed by atoms with van der Waals surface area (Å²) >= 11 is 0. The van der Waals surface area contributed by atoms with E-state index in [9.17, 15) is 19.7 Å². The third kappa shape index (κ3) is 5.13. The molecule has 0 unspecified atom stereocenters. The van der Waals surface area contributed by atoms with Gasteiger partial charge in [0, 0.05) is 23.4 Å². The van der Waals surface area contributed by atoms with Crippen molar-refractivity contribution < 1.29 is 19.2 Å². The highest BCUT2D eigenvalue weighted by atomic mass is 16.6. The molecule has 0 aromatic heterocycles. The SMILES string of the molecule is COc1ccc(NC(=O)C(=O)N/N=C\c2cccc([N+](=O)[O-])c2)cc1. The lowest BCUT2D eigenvalue weighted by Crippen LogP contribution is -2.32. The van der Waals surface area contributed by atoms with Gasteiger partial charge in [-0.05, 0) is 24.3 Å². The van der Waals surface area contributed by atoms with Gasteiger partial charge in [-0.25, -0.2) is 5.43 Å². The smallest absolute Gasteiger partial charge is 0.329 e. The summed E-state index contributed by atoms with van der Waals surface area (Å²) in [6.45, 7) is 0. The number of nitro benzene ring substituents is 1. The van der Waals surface area contributed by atoms with Crippen LogP contribution in [0.3, 0.4) is 0 Å². The number of benzene rings is 2. The van der Waals surface area contributed by atoms with Crippen LogP contribution in [0, 0.1) is 10.1 Å². The normalized spacial score (nSPS) is 10.3. The lowest BCUT2D eigenvalue weighted by atomic mass is 10.2. The van der Waals surface area contributed by atoms with Gasteiger partial charge in [-0.15, -0.1) is 0 Å². The monoisotopic (exact) mass is 342 g/mol. The van der Waals surface area contributed by atoms with Crippen LogP contribution in [0.25, 0.3) is 0 Å². The Hall–Kier alpha value is -3.75. The average molecular weight is 342 g/mol. The maximum atomic E-state index is 11.7. The maximum absolute atomic E-state index is 11.7. The van der Waals surface area contributed by atoms with Crippen LogP contribution in [-0.4, -0.2) is 30.1 Å². The van der Waals surface area contributed by atoms with Gasteiger partial charge < -0.3 is 10.1 Å². The Morgan fingerprint density at radius 1 is 1.16 bits per heavy atom. The molecule has 2 rings (SSSR count). The molecule has 2 aromatic carbocycles. The summed E-state index contributed by atoms with van der Waals surface area (Å²) in [4.78, 5) is 33.5. The zero-order chi connectivity index (χ0) is 18.2. The minimum Gasteiger partial charge on any atom is -0.497 e. The lowest BCUT2D eigenvalue weighted by Gasteiger charge is -2.05. The summed E-state index contributed by atoms with van der Waals surface area (Å²) in [7, 11) is 1.51. The summed E-state index contributed by atoms with van der Waals surface area (Å²) in [5.41, 5.74) is 2.77. The fraction of sp³-hybridized carbons (Fsp3) is 0.0625. The van der Waals surface area contributed by atoms with E-state index in [1.54, 1.807) is 30.3 Å². The Morgan fingerprint density at radius 3 is 2.52 bits per heavy atom. The molecular weight excluding hydrogens is 328 g/mol. The standard InChI is InChI=1S/C16H14N4O5/c1-25-14-7-5-12(6-8-14)18-15(21)16(22)19-17-10-11-3-2-4-13(9-11)20(23)24/h2-10H,1H3,(H,18,21)(H,19,22)/b17-10-. The number of rotatable bonds is 5. The summed E-state index contributed by atoms with van der Waals surface area (Å²) < 4.78 is 4.99. The molecule has 2 N–H and O–H groups in total. The molecule has 128 valence electrons. The fourth-order valence-electron chi connectivity index (χ4n) is 1.80. The highest BCUT2D eigenvalue weighted by Gasteiger charge is 2.12. The van der Waals surface area contributed by atoms with E-state index in [4.69, 9.17) is 4.74 Å². The van der Waals surface area contributed by atoms with Gasteiger partial charge in [0.15, 0.2) is 0 Å². The third-order valence-electron chi connectivity index (χ3n) is 3.01. The molecule has 0 radical (unpaired) electrons. The van der Waals surface area contributed by atoms with E-state index in [0.717, 1.165) is 0 Å². The summed E-state index contributed by atoms with van der Waals surface area (Å²) in [5, 5.41) is 16.7. The second-order valence-corrected chi connectivity index (χ2v) is 4.73. The van der Waals surface area contributed by atoms with Gasteiger partial charge in [-0.1, -0.05) is 12.1 Å². The highest BCUT2D eigenvalue weighted by molar-refractivity contribution is 6.39. The molecule has 0 saturated heterocycles. The van der Waals surface area contributed by atoms with E-state index in [-0.39, 0.29) is 5.69 Å². The largest absolute Gasteiger partial charge is 0.497 e. The van der Waals surface area contributed by atoms with Crippen LogP contribution in [0.1, 0.15) is 5.56 Å². The Balaban J connectivity index is 1.91. The molecule has 0 saturated carbocycles. The van der Waals surface area contributed by atoms with E-state index in [1.165, 1.54) is 31.5 Å². The van der Waals surface area contributed by atoms with Gasteiger partial charge in [0.2, 0.25) is 0 Å². The van der Waals surface area contributed by atoms with Crippen molar-refractivity contribution in [2.75, 3.05) is 12.4 Å². The van der Waals surface area contributed by atoms with Crippen molar-refractivity contribution in [2.24, 2.45) is 5.10 Å². The van der Waals surface area contributed by atoms with Gasteiger partial charge >= 0.3 is 11.8 Å². The first kappa shape index (κ1) is 17.6. The quantitative estimate of drug-likeness (QED) is 0.370. The van der Waals surface area contributed by atoms with Crippen molar-refractivity contribution in [2.45, 2.75) is 0 Å². The Kier molecular flexibility index (Phi) is 5.77. The zero-order valence-electron chi connectivity index (χ0n) is 13.1. The predicted molar refractivity (Wildman–Crippen MR) is 90.5 cm³/mol. The molecule has 0 bridgehead atoms. The molecule has 0 aliphatic rings. The molecule has 0 aliphatic heterocycles. The van der Waals surface area contributed by atoms with Crippen LogP contribution in [-0.2, 0) is 9.59 Å². The number of methoxy groups -OCH3 is 1. The number of nitro groups is 1. The number of nitrogens with one attached hydrogen (secondary N) is 2. The predicted octanol–water partition coefficient (Wildman–Crippen LogP) is 1.69. The first-order chi connectivity index (χ1) is 12.0. The minimum atomic E-state index is -0.975. The van der Waals surface area contributed by atoms with Crippen LogP contribution < -0.4 is 15.5 Å². The first-order valence-corrected chi connectivity index (χ1v) is 7.02. The Labute approximate surface area is 142 Å². The number of ether oxygens (including phenoxy) is 1. The van der Waals surface area contributed by atoms with Gasteiger partial charge in [0.05, 0.1) is 18.2 Å². The number of non-ortho nitro benzene ring substituents is 1. The number of hydrogen-bond donors (Lipinski definition) is 2. The number of amides is 2. The van der Waals surface area contributed by atoms with Crippen molar-refractivity contribution >= 4 is 29.4 Å². The number of anilines is 1. The second kappa shape index (κ2) is 8.20. The summed E-state index contributed by atoms with van der Waals surface area (Å²) in [6, 6.07) is 12.1. The molecule has 0 spiro atoms. The molecule has 9 heteroatoms. The molecule has 9 nitrogen and oxygen atoms in total. The average Bonchev–Trinajstić information content (AvgIpc) is 2.62. The van der Waals surface area contributed by atoms with Crippen LogP contribution in [0.5, 0.6) is 5.75 Å². The second-order valence-electron chi connectivity index (χ2n) is 4.73. The molecule has 0 atom stereocenters. The molecule has 0 heterocycles. The van der Waals surface area contributed by atoms with Crippen molar-refractivity contribution in [1.29, 1.82) is 0 Å². The van der Waals surface area contributed by atoms with Crippen LogP contribution in [0.4, 0.5) is 11.4 Å². The summed E-state index contributed by atoms with van der Waals surface area (Å²) in [5.74, 6) is -1.26. The number of nitrogens with zero attached hydrogens (tertiary/aromatic N) is 2. The molecular formula is C16H14N4O5. The number of carbonyl (C=O) groups is 2. The molecule has 0 aliphatic carbocycles. The maximum Gasteiger partial charge on any atom is 0.329 e. The Morgan fingerprint density at radius 2 is 1.88 bits per heavy atom. The van der Waals surface area contributed by atoms with Crippen LogP contribution in [0.2, 0.25) is 0 Å². The van der Waals surface area contributed by atoms with Gasteiger partial charge in [0.1, 0.15) is 5.75 Å². The van der Waals surface area contributed by atoms with Gasteiger partial charge in [-0.2, -0.15) is 5.10 Å². The first-order valence-electron chi connectivity index (χ1n) is 7.02. The van der Waals surface area contributed by atoms with Crippen LogP contribution >= 0.6 is 0 Å². The molecule has 2 amide bonds. The zero-order valence-corrected chi connectivity index (χ0v) is 13.1. The van der Waals surface area contributed by atoms with E-state index in [0.29, 0.717) is 17.0 Å². The van der Waals surface area contributed by atoms with E-state index in [1.807, 2.05) is 5.43 Å². The van der Waals surface area contributed by atoms with Crippen LogP contribution in [0.15, 0.2) is 53.6 Å². The number of carbonyl (C=O) groups excluding carboxylic acids is 2. The van der Waals surface area contributed by atoms with Crippen molar-refractivity contribution in [3.63, 3.8) is 0 Å². The number of hydrogen-bond acceptors (Lipinski definition) is 6. The topological polar surface area (TPSA) is 123 Å². The summed E-state index contributed by atoms with van der Waals surface area (Å²) in [6.07, 6.45) is 1.20. The molecule has 0 fully saturated rings. The van der Waals surface area contributed by atoms with E-state index in [2.05, 4.69) is 10.4 Å². The Bertz CT molecular complexity index is 818. The fourth-order valence-corrected chi connectivity index (χ4v) is 1.80. The molecule has 2 aromatic rings. The van der Waals surface area contributed by atoms with Gasteiger partial charge in [0.25, 0.3) is 5.69 Å². The van der Waals surface area contributed by atoms with Crippen molar-refractivity contribution in [3.05, 3.63) is 64.2 Å². The van der Waals surface area contributed by atoms with Gasteiger partial charge in [-0.3, -0.25) is 19.7 Å². The van der Waals surface area contributed by atoms with E-state index < -0.39 is 16.7 Å². The lowest BCUT2D eigenvalue weighted by molar-refractivity contribution is -0.384. The minimum absolute atomic E-state index is 0.104. The third-order valence-corrected chi connectivity index (χ3v) is 3.01. The van der Waals surface area contributed by atoms with Crippen molar-refractivity contribution in [1.82, 2.24) is 5.43 Å². The van der Waals surface area contributed by atoms with E-state index >= 15 is 0 Å². The molecule has 25 heavy (non-hydrogen) atoms.